The normalized spacial score (nSPS) is 10.8. The summed E-state index contributed by atoms with van der Waals surface area (Å²) in [5, 5.41) is 7.55. The average molecular weight is 368 g/mol. The molecule has 2 rings (SSSR count). The van der Waals surface area contributed by atoms with Crippen LogP contribution in [0, 0.1) is 0 Å². The van der Waals surface area contributed by atoms with Crippen LogP contribution in [0.2, 0.25) is 0 Å². The third-order valence-corrected chi connectivity index (χ3v) is 2.99. The Bertz CT molecular complexity index is 779. The molecule has 0 saturated heterocycles. The number of rotatable bonds is 5. The van der Waals surface area contributed by atoms with E-state index in [-0.39, 0.29) is 11.4 Å². The van der Waals surface area contributed by atoms with Crippen molar-refractivity contribution < 1.29 is 27.5 Å². The molecule has 0 fully saturated rings. The summed E-state index contributed by atoms with van der Waals surface area (Å²) in [5.41, 5.74) is 1.02. The van der Waals surface area contributed by atoms with Gasteiger partial charge in [-0.25, -0.2) is 9.78 Å². The van der Waals surface area contributed by atoms with Crippen LogP contribution in [0.25, 0.3) is 0 Å². The Balaban J connectivity index is 1.99. The first-order valence-corrected chi connectivity index (χ1v) is 7.32. The number of aromatic nitrogens is 1. The Morgan fingerprint density at radius 2 is 1.81 bits per heavy atom. The molecular formula is C16H15F3N4O3. The number of nitrogens with one attached hydrogen (secondary N) is 3. The van der Waals surface area contributed by atoms with Crippen LogP contribution in [0.4, 0.5) is 29.3 Å². The maximum Gasteiger partial charge on any atom is 0.422 e. The Kier molecular flexibility index (Phi) is 5.99. The van der Waals surface area contributed by atoms with E-state index in [1.54, 1.807) is 24.3 Å². The number of ether oxygens (including phenoxy) is 1. The minimum absolute atomic E-state index is 0.133. The fourth-order valence-corrected chi connectivity index (χ4v) is 1.83. The molecule has 1 heterocycles. The number of anilines is 2. The fraction of sp³-hybridized carbons (Fsp3) is 0.188. The third-order valence-electron chi connectivity index (χ3n) is 2.99. The Labute approximate surface area is 146 Å². The number of hydrogen-bond acceptors (Lipinski definition) is 4. The average Bonchev–Trinajstić information content (AvgIpc) is 2.60. The minimum atomic E-state index is -4.47. The van der Waals surface area contributed by atoms with Crippen molar-refractivity contribution in [3.8, 4) is 5.88 Å². The van der Waals surface area contributed by atoms with E-state index >= 15 is 0 Å². The summed E-state index contributed by atoms with van der Waals surface area (Å²) in [5.74, 6) is -0.757. The topological polar surface area (TPSA) is 92.4 Å². The Hall–Kier alpha value is -3.30. The van der Waals surface area contributed by atoms with Gasteiger partial charge in [-0.2, -0.15) is 13.2 Å². The van der Waals surface area contributed by atoms with E-state index in [4.69, 9.17) is 0 Å². The van der Waals surface area contributed by atoms with E-state index in [0.717, 1.165) is 6.20 Å². The van der Waals surface area contributed by atoms with Crippen molar-refractivity contribution in [3.63, 3.8) is 0 Å². The number of carbonyl (C=O) groups excluding carboxylic acids is 2. The summed E-state index contributed by atoms with van der Waals surface area (Å²) in [4.78, 5) is 27.1. The molecule has 0 aliphatic rings. The van der Waals surface area contributed by atoms with E-state index in [2.05, 4.69) is 25.7 Å². The SMILES string of the molecule is CNC(=O)Nc1cccc(NC(=O)c2ccc(OCC(F)(F)F)nc2)c1. The van der Waals surface area contributed by atoms with E-state index in [0.29, 0.717) is 11.4 Å². The number of urea groups is 1. The molecule has 3 N–H and O–H groups in total. The monoisotopic (exact) mass is 368 g/mol. The van der Waals surface area contributed by atoms with Crippen LogP contribution in [-0.4, -0.2) is 36.8 Å². The van der Waals surface area contributed by atoms with Crippen molar-refractivity contribution in [3.05, 3.63) is 48.2 Å². The number of pyridine rings is 1. The molecule has 2 aromatic rings. The molecule has 10 heteroatoms. The summed E-state index contributed by atoms with van der Waals surface area (Å²) >= 11 is 0. The van der Waals surface area contributed by atoms with Crippen molar-refractivity contribution in [1.82, 2.24) is 10.3 Å². The van der Waals surface area contributed by atoms with Gasteiger partial charge in [0.05, 0.1) is 5.56 Å². The summed E-state index contributed by atoms with van der Waals surface area (Å²) < 4.78 is 40.7. The van der Waals surface area contributed by atoms with Gasteiger partial charge in [0.1, 0.15) is 0 Å². The van der Waals surface area contributed by atoms with Crippen LogP contribution in [0.3, 0.4) is 0 Å². The molecule has 0 spiro atoms. The second kappa shape index (κ2) is 8.19. The van der Waals surface area contributed by atoms with Crippen LogP contribution in [0.5, 0.6) is 5.88 Å². The van der Waals surface area contributed by atoms with Gasteiger partial charge in [-0.1, -0.05) is 6.07 Å². The molecule has 0 unspecified atom stereocenters. The summed E-state index contributed by atoms with van der Waals surface area (Å²) in [6, 6.07) is 8.48. The highest BCUT2D eigenvalue weighted by atomic mass is 19.4. The van der Waals surface area contributed by atoms with Crippen LogP contribution in [0.1, 0.15) is 10.4 Å². The first-order valence-electron chi connectivity index (χ1n) is 7.32. The third kappa shape index (κ3) is 5.96. The predicted octanol–water partition coefficient (Wildman–Crippen LogP) is 3.03. The lowest BCUT2D eigenvalue weighted by atomic mass is 10.2. The standard InChI is InChI=1S/C16H15F3N4O3/c1-20-15(25)23-12-4-2-3-11(7-12)22-14(24)10-5-6-13(21-8-10)26-9-16(17,18)19/h2-8H,9H2,1H3,(H,22,24)(H2,20,23,25). The first-order chi connectivity index (χ1) is 12.3. The van der Waals surface area contributed by atoms with Gasteiger partial charge < -0.3 is 20.7 Å². The lowest BCUT2D eigenvalue weighted by molar-refractivity contribution is -0.154. The molecule has 0 bridgehead atoms. The molecule has 26 heavy (non-hydrogen) atoms. The number of nitrogens with zero attached hydrogens (tertiary/aromatic N) is 1. The van der Waals surface area contributed by atoms with Gasteiger partial charge in [0, 0.05) is 30.7 Å². The zero-order chi connectivity index (χ0) is 19.2. The molecule has 0 atom stereocenters. The van der Waals surface area contributed by atoms with Gasteiger partial charge in [0.2, 0.25) is 5.88 Å². The number of amides is 3. The fourth-order valence-electron chi connectivity index (χ4n) is 1.83. The number of alkyl halides is 3. The van der Waals surface area contributed by atoms with Gasteiger partial charge in [-0.15, -0.1) is 0 Å². The van der Waals surface area contributed by atoms with Crippen molar-refractivity contribution in [2.45, 2.75) is 6.18 Å². The molecule has 1 aromatic heterocycles. The highest BCUT2D eigenvalue weighted by Crippen LogP contribution is 2.18. The number of halogens is 3. The van der Waals surface area contributed by atoms with E-state index in [1.165, 1.54) is 19.2 Å². The molecular weight excluding hydrogens is 353 g/mol. The molecule has 0 aliphatic carbocycles. The molecule has 0 saturated carbocycles. The Morgan fingerprint density at radius 1 is 1.12 bits per heavy atom. The highest BCUT2D eigenvalue weighted by Gasteiger charge is 2.28. The maximum absolute atomic E-state index is 12.2. The molecule has 0 radical (unpaired) electrons. The maximum atomic E-state index is 12.2. The quantitative estimate of drug-likeness (QED) is 0.756. The number of benzene rings is 1. The van der Waals surface area contributed by atoms with Gasteiger partial charge in [-0.3, -0.25) is 4.79 Å². The van der Waals surface area contributed by atoms with Gasteiger partial charge in [0.15, 0.2) is 6.61 Å². The molecule has 1 aromatic carbocycles. The zero-order valence-corrected chi connectivity index (χ0v) is 13.6. The van der Waals surface area contributed by atoms with E-state index in [1.807, 2.05) is 0 Å². The second-order valence-electron chi connectivity index (χ2n) is 5.03. The number of carbonyl (C=O) groups is 2. The predicted molar refractivity (Wildman–Crippen MR) is 88.3 cm³/mol. The van der Waals surface area contributed by atoms with Gasteiger partial charge in [-0.05, 0) is 24.3 Å². The van der Waals surface area contributed by atoms with Crippen molar-refractivity contribution in [2.24, 2.45) is 0 Å². The van der Waals surface area contributed by atoms with E-state index in [9.17, 15) is 22.8 Å². The number of hydrogen-bond donors (Lipinski definition) is 3. The van der Waals surface area contributed by atoms with Gasteiger partial charge >= 0.3 is 12.2 Å². The molecule has 7 nitrogen and oxygen atoms in total. The molecule has 138 valence electrons. The van der Waals surface area contributed by atoms with Crippen LogP contribution in [-0.2, 0) is 0 Å². The van der Waals surface area contributed by atoms with Crippen molar-refractivity contribution in [1.29, 1.82) is 0 Å². The molecule has 3 amide bonds. The lowest BCUT2D eigenvalue weighted by Crippen LogP contribution is -2.24. The van der Waals surface area contributed by atoms with Crippen molar-refractivity contribution in [2.75, 3.05) is 24.3 Å². The molecule has 0 aliphatic heterocycles. The Morgan fingerprint density at radius 3 is 2.38 bits per heavy atom. The summed E-state index contributed by atoms with van der Waals surface area (Å²) in [7, 11) is 1.47. The summed E-state index contributed by atoms with van der Waals surface area (Å²) in [6.07, 6.45) is -3.36. The van der Waals surface area contributed by atoms with Crippen LogP contribution >= 0.6 is 0 Å². The van der Waals surface area contributed by atoms with E-state index < -0.39 is 24.7 Å². The second-order valence-corrected chi connectivity index (χ2v) is 5.03. The lowest BCUT2D eigenvalue weighted by Gasteiger charge is -2.10. The smallest absolute Gasteiger partial charge is 0.422 e. The van der Waals surface area contributed by atoms with Crippen molar-refractivity contribution >= 4 is 23.3 Å². The highest BCUT2D eigenvalue weighted by molar-refractivity contribution is 6.04. The largest absolute Gasteiger partial charge is 0.468 e. The van der Waals surface area contributed by atoms with Gasteiger partial charge in [0.25, 0.3) is 5.91 Å². The van der Waals surface area contributed by atoms with Crippen LogP contribution < -0.4 is 20.7 Å². The first kappa shape index (κ1) is 19.0. The van der Waals surface area contributed by atoms with Crippen LogP contribution in [0.15, 0.2) is 42.6 Å². The summed E-state index contributed by atoms with van der Waals surface area (Å²) in [6.45, 7) is -1.46. The minimum Gasteiger partial charge on any atom is -0.468 e. The zero-order valence-electron chi connectivity index (χ0n) is 13.6.